The van der Waals surface area contributed by atoms with Gasteiger partial charge in [0, 0.05) is 18.0 Å². The van der Waals surface area contributed by atoms with Crippen molar-refractivity contribution in [3.63, 3.8) is 0 Å². The SMILES string of the molecule is CCC(CN)C(=O)c1ccc(C(C)(C)C)cc1C. The summed E-state index contributed by atoms with van der Waals surface area (Å²) in [6, 6.07) is 6.14. The molecule has 0 saturated heterocycles. The van der Waals surface area contributed by atoms with E-state index in [1.54, 1.807) is 0 Å². The lowest BCUT2D eigenvalue weighted by Gasteiger charge is -2.21. The number of ketones is 1. The topological polar surface area (TPSA) is 43.1 Å². The Balaban J connectivity index is 3.10. The van der Waals surface area contributed by atoms with E-state index in [1.807, 2.05) is 19.9 Å². The van der Waals surface area contributed by atoms with Crippen molar-refractivity contribution in [2.24, 2.45) is 11.7 Å². The first kappa shape index (κ1) is 14.9. The molecule has 2 nitrogen and oxygen atoms in total. The highest BCUT2D eigenvalue weighted by molar-refractivity contribution is 5.99. The molecule has 0 aliphatic carbocycles. The predicted octanol–water partition coefficient (Wildman–Crippen LogP) is 3.46. The monoisotopic (exact) mass is 247 g/mol. The Kier molecular flexibility index (Phi) is 4.69. The van der Waals surface area contributed by atoms with Crippen LogP contribution in [0.15, 0.2) is 18.2 Å². The third kappa shape index (κ3) is 3.20. The Morgan fingerprint density at radius 3 is 2.33 bits per heavy atom. The van der Waals surface area contributed by atoms with Crippen molar-refractivity contribution in [1.29, 1.82) is 0 Å². The summed E-state index contributed by atoms with van der Waals surface area (Å²) in [5, 5.41) is 0. The summed E-state index contributed by atoms with van der Waals surface area (Å²) in [4.78, 5) is 12.3. The standard InChI is InChI=1S/C16H25NO/c1-6-12(10-17)15(18)14-8-7-13(9-11(14)2)16(3,4)5/h7-9,12H,6,10,17H2,1-5H3. The van der Waals surface area contributed by atoms with Crippen molar-refractivity contribution in [2.75, 3.05) is 6.54 Å². The molecule has 0 saturated carbocycles. The van der Waals surface area contributed by atoms with Gasteiger partial charge in [0.2, 0.25) is 0 Å². The van der Waals surface area contributed by atoms with Gasteiger partial charge in [0.05, 0.1) is 0 Å². The number of carbonyl (C=O) groups is 1. The second-order valence-electron chi connectivity index (χ2n) is 5.98. The van der Waals surface area contributed by atoms with E-state index in [-0.39, 0.29) is 17.1 Å². The van der Waals surface area contributed by atoms with E-state index in [4.69, 9.17) is 5.73 Å². The van der Waals surface area contributed by atoms with Gasteiger partial charge in [-0.05, 0) is 29.9 Å². The molecule has 0 aromatic heterocycles. The van der Waals surface area contributed by atoms with E-state index < -0.39 is 0 Å². The Morgan fingerprint density at radius 1 is 1.33 bits per heavy atom. The van der Waals surface area contributed by atoms with Gasteiger partial charge in [-0.15, -0.1) is 0 Å². The van der Waals surface area contributed by atoms with E-state index in [2.05, 4.69) is 32.9 Å². The number of carbonyl (C=O) groups excluding carboxylic acids is 1. The minimum atomic E-state index is -0.0517. The first-order valence-corrected chi connectivity index (χ1v) is 6.66. The van der Waals surface area contributed by atoms with Gasteiger partial charge >= 0.3 is 0 Å². The van der Waals surface area contributed by atoms with Gasteiger partial charge < -0.3 is 5.73 Å². The highest BCUT2D eigenvalue weighted by Gasteiger charge is 2.20. The molecule has 0 bridgehead atoms. The van der Waals surface area contributed by atoms with Crippen molar-refractivity contribution in [2.45, 2.75) is 46.5 Å². The fraction of sp³-hybridized carbons (Fsp3) is 0.562. The van der Waals surface area contributed by atoms with Crippen molar-refractivity contribution in [1.82, 2.24) is 0 Å². The lowest BCUT2D eigenvalue weighted by Crippen LogP contribution is -2.24. The zero-order valence-electron chi connectivity index (χ0n) is 12.2. The molecule has 2 N–H and O–H groups in total. The molecule has 1 unspecified atom stereocenters. The first-order chi connectivity index (χ1) is 8.31. The van der Waals surface area contributed by atoms with Gasteiger partial charge in [-0.3, -0.25) is 4.79 Å². The van der Waals surface area contributed by atoms with E-state index in [9.17, 15) is 4.79 Å². The van der Waals surface area contributed by atoms with Gasteiger partial charge in [0.25, 0.3) is 0 Å². The van der Waals surface area contributed by atoms with Crippen molar-refractivity contribution in [3.8, 4) is 0 Å². The molecule has 2 heteroatoms. The molecule has 1 rings (SSSR count). The van der Waals surface area contributed by atoms with Crippen LogP contribution >= 0.6 is 0 Å². The molecule has 18 heavy (non-hydrogen) atoms. The van der Waals surface area contributed by atoms with E-state index in [0.29, 0.717) is 6.54 Å². The normalized spacial score (nSPS) is 13.4. The maximum Gasteiger partial charge on any atom is 0.167 e. The van der Waals surface area contributed by atoms with Crippen LogP contribution in [-0.2, 0) is 5.41 Å². The number of hydrogen-bond acceptors (Lipinski definition) is 2. The van der Waals surface area contributed by atoms with Crippen LogP contribution in [0.4, 0.5) is 0 Å². The molecule has 0 aliphatic heterocycles. The number of hydrogen-bond donors (Lipinski definition) is 1. The second kappa shape index (κ2) is 5.66. The average Bonchev–Trinajstić information content (AvgIpc) is 2.29. The van der Waals surface area contributed by atoms with Gasteiger partial charge in [0.15, 0.2) is 5.78 Å². The minimum absolute atomic E-state index is 0.0517. The van der Waals surface area contributed by atoms with Crippen LogP contribution in [0, 0.1) is 12.8 Å². The lowest BCUT2D eigenvalue weighted by atomic mass is 9.84. The van der Waals surface area contributed by atoms with Crippen LogP contribution in [0.5, 0.6) is 0 Å². The summed E-state index contributed by atoms with van der Waals surface area (Å²) in [7, 11) is 0. The Bertz CT molecular complexity index is 425. The van der Waals surface area contributed by atoms with E-state index in [1.165, 1.54) is 5.56 Å². The lowest BCUT2D eigenvalue weighted by molar-refractivity contribution is 0.0920. The molecule has 1 aromatic rings. The van der Waals surface area contributed by atoms with Crippen LogP contribution in [-0.4, -0.2) is 12.3 Å². The predicted molar refractivity (Wildman–Crippen MR) is 77.0 cm³/mol. The number of benzene rings is 1. The first-order valence-electron chi connectivity index (χ1n) is 6.66. The van der Waals surface area contributed by atoms with Gasteiger partial charge in [-0.25, -0.2) is 0 Å². The highest BCUT2D eigenvalue weighted by atomic mass is 16.1. The Morgan fingerprint density at radius 2 is 1.94 bits per heavy atom. The largest absolute Gasteiger partial charge is 0.330 e. The van der Waals surface area contributed by atoms with Gasteiger partial charge in [0.1, 0.15) is 0 Å². The molecule has 1 atom stereocenters. The summed E-state index contributed by atoms with van der Waals surface area (Å²) >= 11 is 0. The number of nitrogens with two attached hydrogens (primary N) is 1. The maximum atomic E-state index is 12.3. The molecule has 0 radical (unpaired) electrons. The van der Waals surface area contributed by atoms with Crippen molar-refractivity contribution < 1.29 is 4.79 Å². The maximum absolute atomic E-state index is 12.3. The van der Waals surface area contributed by atoms with Crippen LogP contribution in [0.3, 0.4) is 0 Å². The molecular formula is C16H25NO. The summed E-state index contributed by atoms with van der Waals surface area (Å²) in [5.74, 6) is 0.127. The molecule has 0 heterocycles. The summed E-state index contributed by atoms with van der Waals surface area (Å²) in [6.45, 7) is 11.0. The third-order valence-electron chi connectivity index (χ3n) is 3.51. The van der Waals surface area contributed by atoms with E-state index >= 15 is 0 Å². The summed E-state index contributed by atoms with van der Waals surface area (Å²) < 4.78 is 0. The van der Waals surface area contributed by atoms with Crippen molar-refractivity contribution in [3.05, 3.63) is 34.9 Å². The van der Waals surface area contributed by atoms with Gasteiger partial charge in [-0.1, -0.05) is 45.9 Å². The molecule has 0 amide bonds. The molecule has 100 valence electrons. The van der Waals surface area contributed by atoms with Crippen molar-refractivity contribution >= 4 is 5.78 Å². The Hall–Kier alpha value is -1.15. The van der Waals surface area contributed by atoms with Crippen LogP contribution in [0.1, 0.15) is 55.6 Å². The zero-order valence-corrected chi connectivity index (χ0v) is 12.2. The number of aryl methyl sites for hydroxylation is 1. The molecule has 0 aliphatic rings. The fourth-order valence-electron chi connectivity index (χ4n) is 2.09. The number of rotatable bonds is 4. The highest BCUT2D eigenvalue weighted by Crippen LogP contribution is 2.25. The van der Waals surface area contributed by atoms with Gasteiger partial charge in [-0.2, -0.15) is 0 Å². The zero-order chi connectivity index (χ0) is 13.9. The Labute approximate surface area is 111 Å². The third-order valence-corrected chi connectivity index (χ3v) is 3.51. The van der Waals surface area contributed by atoms with E-state index in [0.717, 1.165) is 17.5 Å². The summed E-state index contributed by atoms with van der Waals surface area (Å²) in [5.41, 5.74) is 8.90. The average molecular weight is 247 g/mol. The molecule has 1 aromatic carbocycles. The number of Topliss-reactive ketones (excluding diaryl/α,β-unsaturated/α-hetero) is 1. The van der Waals surface area contributed by atoms with Crippen LogP contribution in [0.25, 0.3) is 0 Å². The van der Waals surface area contributed by atoms with Crippen LogP contribution in [0.2, 0.25) is 0 Å². The van der Waals surface area contributed by atoms with Crippen LogP contribution < -0.4 is 5.73 Å². The molecule has 0 fully saturated rings. The fourth-order valence-corrected chi connectivity index (χ4v) is 2.09. The quantitative estimate of drug-likeness (QED) is 0.828. The molecule has 0 spiro atoms. The minimum Gasteiger partial charge on any atom is -0.330 e. The molecular weight excluding hydrogens is 222 g/mol. The summed E-state index contributed by atoms with van der Waals surface area (Å²) in [6.07, 6.45) is 0.801. The smallest absolute Gasteiger partial charge is 0.167 e. The second-order valence-corrected chi connectivity index (χ2v) is 5.98.